The van der Waals surface area contributed by atoms with Gasteiger partial charge in [-0.05, 0) is 30.5 Å². The van der Waals surface area contributed by atoms with Gasteiger partial charge in [0, 0.05) is 13.1 Å². The van der Waals surface area contributed by atoms with E-state index in [-0.39, 0.29) is 24.6 Å². The predicted octanol–water partition coefficient (Wildman–Crippen LogP) is 2.45. The number of carbonyl (C=O) groups is 2. The van der Waals surface area contributed by atoms with E-state index in [1.807, 2.05) is 0 Å². The summed E-state index contributed by atoms with van der Waals surface area (Å²) in [6, 6.07) is 5.06. The molecule has 23 heavy (non-hydrogen) atoms. The Morgan fingerprint density at radius 2 is 1.91 bits per heavy atom. The van der Waals surface area contributed by atoms with Gasteiger partial charge in [-0.25, -0.2) is 0 Å². The lowest BCUT2D eigenvalue weighted by atomic mass is 9.97. The Balaban J connectivity index is 1.93. The van der Waals surface area contributed by atoms with Gasteiger partial charge in [0.15, 0.2) is 0 Å². The topological polar surface area (TPSA) is 66.8 Å². The zero-order valence-corrected chi connectivity index (χ0v) is 12.2. The van der Waals surface area contributed by atoms with Crippen LogP contribution in [-0.2, 0) is 16.0 Å². The van der Waals surface area contributed by atoms with Crippen molar-refractivity contribution < 1.29 is 32.6 Å². The Labute approximate surface area is 130 Å². The largest absolute Gasteiger partial charge is 0.573 e. The third-order valence-corrected chi connectivity index (χ3v) is 3.64. The summed E-state index contributed by atoms with van der Waals surface area (Å²) in [5.41, 5.74) is 0.543. The van der Waals surface area contributed by atoms with Crippen molar-refractivity contribution in [1.29, 1.82) is 0 Å². The van der Waals surface area contributed by atoms with Gasteiger partial charge < -0.3 is 14.7 Å². The lowest BCUT2D eigenvalue weighted by Crippen LogP contribution is -2.42. The molecule has 5 nitrogen and oxygen atoms in total. The highest BCUT2D eigenvalue weighted by molar-refractivity contribution is 5.80. The van der Waals surface area contributed by atoms with Crippen LogP contribution in [0.2, 0.25) is 0 Å². The molecule has 126 valence electrons. The molecule has 1 aromatic carbocycles. The van der Waals surface area contributed by atoms with Gasteiger partial charge >= 0.3 is 12.3 Å². The van der Waals surface area contributed by atoms with Gasteiger partial charge in [-0.1, -0.05) is 12.1 Å². The summed E-state index contributed by atoms with van der Waals surface area (Å²) in [4.78, 5) is 24.6. The summed E-state index contributed by atoms with van der Waals surface area (Å²) in [7, 11) is 0. The molecule has 0 saturated carbocycles. The summed E-state index contributed by atoms with van der Waals surface area (Å²) in [6.07, 6.45) is -3.57. The number of benzene rings is 1. The first kappa shape index (κ1) is 17.1. The molecule has 1 aliphatic heterocycles. The molecule has 1 atom stereocenters. The van der Waals surface area contributed by atoms with E-state index >= 15 is 0 Å². The molecule has 1 aromatic rings. The van der Waals surface area contributed by atoms with Crippen LogP contribution < -0.4 is 4.74 Å². The molecule has 0 unspecified atom stereocenters. The molecule has 2 rings (SSSR count). The van der Waals surface area contributed by atoms with Crippen LogP contribution in [0.5, 0.6) is 5.75 Å². The van der Waals surface area contributed by atoms with E-state index in [0.717, 1.165) is 12.1 Å². The number of piperidine rings is 1. The molecule has 0 spiro atoms. The fraction of sp³-hybridized carbons (Fsp3) is 0.467. The second-order valence-corrected chi connectivity index (χ2v) is 5.39. The van der Waals surface area contributed by atoms with E-state index < -0.39 is 18.2 Å². The van der Waals surface area contributed by atoms with Gasteiger partial charge in [0.05, 0.1) is 12.3 Å². The summed E-state index contributed by atoms with van der Waals surface area (Å²) < 4.78 is 40.0. The fourth-order valence-corrected chi connectivity index (χ4v) is 2.50. The Kier molecular flexibility index (Phi) is 5.12. The number of rotatable bonds is 4. The first-order valence-electron chi connectivity index (χ1n) is 7.10. The van der Waals surface area contributed by atoms with Gasteiger partial charge in [0.1, 0.15) is 5.75 Å². The second-order valence-electron chi connectivity index (χ2n) is 5.39. The quantitative estimate of drug-likeness (QED) is 0.920. The van der Waals surface area contributed by atoms with Crippen LogP contribution in [0.4, 0.5) is 13.2 Å². The highest BCUT2D eigenvalue weighted by Gasteiger charge is 2.31. The van der Waals surface area contributed by atoms with E-state index in [1.165, 1.54) is 17.0 Å². The molecule has 0 aromatic heterocycles. The normalized spacial score (nSPS) is 18.6. The molecule has 1 amide bonds. The molecule has 0 aliphatic carbocycles. The number of carboxylic acids is 1. The minimum absolute atomic E-state index is 0.0125. The summed E-state index contributed by atoms with van der Waals surface area (Å²) >= 11 is 0. The van der Waals surface area contributed by atoms with Crippen LogP contribution in [-0.4, -0.2) is 41.3 Å². The summed E-state index contributed by atoms with van der Waals surface area (Å²) in [6.45, 7) is 0.668. The third-order valence-electron chi connectivity index (χ3n) is 3.64. The minimum atomic E-state index is -4.75. The maximum atomic E-state index is 12.2. The van der Waals surface area contributed by atoms with E-state index in [0.29, 0.717) is 24.9 Å². The van der Waals surface area contributed by atoms with E-state index in [1.54, 1.807) is 0 Å². The maximum Gasteiger partial charge on any atom is 0.573 e. The van der Waals surface area contributed by atoms with Gasteiger partial charge in [-0.3, -0.25) is 9.59 Å². The molecule has 1 fully saturated rings. The van der Waals surface area contributed by atoms with Crippen LogP contribution in [0.1, 0.15) is 18.4 Å². The number of nitrogens with zero attached hydrogens (tertiary/aromatic N) is 1. The maximum absolute atomic E-state index is 12.2. The Hall–Kier alpha value is -2.25. The fourth-order valence-electron chi connectivity index (χ4n) is 2.50. The molecule has 1 aliphatic rings. The standard InChI is InChI=1S/C15H16F3NO4/c16-15(17,18)23-12-5-3-10(4-6-12)8-13(20)19-7-1-2-11(9-19)14(21)22/h3-6,11H,1-2,7-9H2,(H,21,22)/t11-/m1/s1. The second kappa shape index (κ2) is 6.89. The molecule has 1 N–H and O–H groups in total. The third kappa shape index (κ3) is 5.15. The predicted molar refractivity (Wildman–Crippen MR) is 73.8 cm³/mol. The lowest BCUT2D eigenvalue weighted by Gasteiger charge is -2.30. The lowest BCUT2D eigenvalue weighted by molar-refractivity contribution is -0.274. The monoisotopic (exact) mass is 331 g/mol. The van der Waals surface area contributed by atoms with Crippen molar-refractivity contribution in [2.45, 2.75) is 25.6 Å². The van der Waals surface area contributed by atoms with Crippen LogP contribution in [0.15, 0.2) is 24.3 Å². The van der Waals surface area contributed by atoms with Crippen molar-refractivity contribution in [3.63, 3.8) is 0 Å². The number of hydrogen-bond donors (Lipinski definition) is 1. The van der Waals surface area contributed by atoms with Crippen molar-refractivity contribution in [2.75, 3.05) is 13.1 Å². The molecule has 0 bridgehead atoms. The first-order chi connectivity index (χ1) is 10.7. The molecule has 0 radical (unpaired) electrons. The number of carbonyl (C=O) groups excluding carboxylic acids is 1. The van der Waals surface area contributed by atoms with Crippen LogP contribution in [0, 0.1) is 5.92 Å². The van der Waals surface area contributed by atoms with Crippen molar-refractivity contribution in [1.82, 2.24) is 4.90 Å². The SMILES string of the molecule is O=C(O)[C@@H]1CCCN(C(=O)Cc2ccc(OC(F)(F)F)cc2)C1. The average Bonchev–Trinajstić information content (AvgIpc) is 2.48. The van der Waals surface area contributed by atoms with Gasteiger partial charge in [-0.15, -0.1) is 13.2 Å². The van der Waals surface area contributed by atoms with Crippen LogP contribution >= 0.6 is 0 Å². The number of ether oxygens (including phenoxy) is 1. The smallest absolute Gasteiger partial charge is 0.481 e. The first-order valence-corrected chi connectivity index (χ1v) is 7.10. The summed E-state index contributed by atoms with van der Waals surface area (Å²) in [5.74, 6) is -2.07. The number of likely N-dealkylation sites (tertiary alicyclic amines) is 1. The molecule has 8 heteroatoms. The highest BCUT2D eigenvalue weighted by atomic mass is 19.4. The average molecular weight is 331 g/mol. The van der Waals surface area contributed by atoms with Crippen molar-refractivity contribution >= 4 is 11.9 Å². The molecule has 1 heterocycles. The Morgan fingerprint density at radius 3 is 2.48 bits per heavy atom. The number of alkyl halides is 3. The van der Waals surface area contributed by atoms with Crippen LogP contribution in [0.3, 0.4) is 0 Å². The van der Waals surface area contributed by atoms with Crippen molar-refractivity contribution in [3.05, 3.63) is 29.8 Å². The zero-order chi connectivity index (χ0) is 17.0. The van der Waals surface area contributed by atoms with E-state index in [2.05, 4.69) is 4.74 Å². The summed E-state index contributed by atoms with van der Waals surface area (Å²) in [5, 5.41) is 9.01. The van der Waals surface area contributed by atoms with Crippen molar-refractivity contribution in [3.8, 4) is 5.75 Å². The highest BCUT2D eigenvalue weighted by Crippen LogP contribution is 2.23. The van der Waals surface area contributed by atoms with Gasteiger partial charge in [-0.2, -0.15) is 0 Å². The van der Waals surface area contributed by atoms with Crippen LogP contribution in [0.25, 0.3) is 0 Å². The Bertz CT molecular complexity index is 571. The molecule has 1 saturated heterocycles. The number of aliphatic carboxylic acids is 1. The number of amides is 1. The minimum Gasteiger partial charge on any atom is -0.481 e. The molecular weight excluding hydrogens is 315 g/mol. The van der Waals surface area contributed by atoms with Crippen molar-refractivity contribution in [2.24, 2.45) is 5.92 Å². The van der Waals surface area contributed by atoms with E-state index in [9.17, 15) is 22.8 Å². The number of carboxylic acid groups (broad SMARTS) is 1. The number of halogens is 3. The van der Waals surface area contributed by atoms with Gasteiger partial charge in [0.2, 0.25) is 5.91 Å². The zero-order valence-electron chi connectivity index (χ0n) is 12.2. The van der Waals surface area contributed by atoms with Gasteiger partial charge in [0.25, 0.3) is 0 Å². The van der Waals surface area contributed by atoms with E-state index in [4.69, 9.17) is 5.11 Å². The Morgan fingerprint density at radius 1 is 1.26 bits per heavy atom. The molecular formula is C15H16F3NO4. The number of hydrogen-bond acceptors (Lipinski definition) is 3.